The molecule has 7 nitrogen and oxygen atoms in total. The molecule has 1 atom stereocenters. The van der Waals surface area contributed by atoms with Crippen molar-refractivity contribution in [3.63, 3.8) is 0 Å². The molecule has 2 rings (SSSR count). The van der Waals surface area contributed by atoms with Crippen molar-refractivity contribution in [2.45, 2.75) is 12.5 Å². The van der Waals surface area contributed by atoms with Crippen LogP contribution in [0.2, 0.25) is 5.02 Å². The molecular weight excluding hydrogens is 330 g/mol. The third-order valence-corrected chi connectivity index (χ3v) is 5.08. The van der Waals surface area contributed by atoms with Crippen LogP contribution in [0.4, 0.5) is 0 Å². The smallest absolute Gasteiger partial charge is 0.261 e. The molecule has 3 N–H and O–H groups in total. The number of benzene rings is 1. The molecule has 1 aliphatic rings. The van der Waals surface area contributed by atoms with E-state index in [0.717, 1.165) is 0 Å². The van der Waals surface area contributed by atoms with Gasteiger partial charge in [0.2, 0.25) is 0 Å². The lowest BCUT2D eigenvalue weighted by Crippen LogP contribution is -2.37. The Bertz CT molecular complexity index is 690. The highest BCUT2D eigenvalue weighted by molar-refractivity contribution is 7.91. The molecule has 1 fully saturated rings. The first-order chi connectivity index (χ1) is 10.4. The number of nitrogens with one attached hydrogen (secondary N) is 1. The molecule has 1 aromatic rings. The van der Waals surface area contributed by atoms with Gasteiger partial charge < -0.3 is 15.9 Å². The summed E-state index contributed by atoms with van der Waals surface area (Å²) in [6.07, 6.45) is 0.419. The van der Waals surface area contributed by atoms with Crippen molar-refractivity contribution in [3.05, 3.63) is 34.9 Å². The molecule has 120 valence electrons. The van der Waals surface area contributed by atoms with Gasteiger partial charge in [-0.2, -0.15) is 0 Å². The summed E-state index contributed by atoms with van der Waals surface area (Å²) in [5, 5.41) is 6.73. The predicted octanol–water partition coefficient (Wildman–Crippen LogP) is 0.280. The number of nitrogens with two attached hydrogens (primary N) is 1. The number of amidine groups is 1. The third kappa shape index (κ3) is 4.88. The molecular formula is C13H16ClN3O4S. The summed E-state index contributed by atoms with van der Waals surface area (Å²) in [6.45, 7) is -0.336. The number of hydrogen-bond donors (Lipinski definition) is 2. The second-order valence-electron chi connectivity index (χ2n) is 4.93. The van der Waals surface area contributed by atoms with Gasteiger partial charge in [0, 0.05) is 16.6 Å². The van der Waals surface area contributed by atoms with Crippen LogP contribution in [-0.4, -0.2) is 44.3 Å². The number of carbonyl (C=O) groups is 1. The van der Waals surface area contributed by atoms with Gasteiger partial charge in [0.1, 0.15) is 0 Å². The van der Waals surface area contributed by atoms with Crippen LogP contribution in [0.15, 0.2) is 29.4 Å². The zero-order valence-electron chi connectivity index (χ0n) is 11.7. The molecule has 1 aromatic carbocycles. The van der Waals surface area contributed by atoms with Crippen molar-refractivity contribution in [1.29, 1.82) is 0 Å². The number of nitrogens with zero attached hydrogens (tertiary/aromatic N) is 1. The molecule has 0 unspecified atom stereocenters. The first-order valence-electron chi connectivity index (χ1n) is 6.57. The summed E-state index contributed by atoms with van der Waals surface area (Å²) in [7, 11) is -3.03. The number of halogens is 1. The van der Waals surface area contributed by atoms with Gasteiger partial charge in [-0.05, 0) is 18.6 Å². The van der Waals surface area contributed by atoms with Gasteiger partial charge in [-0.3, -0.25) is 4.79 Å². The number of hydrogen-bond acceptors (Lipinski definition) is 5. The second-order valence-corrected chi connectivity index (χ2v) is 7.59. The minimum absolute atomic E-state index is 0.0351. The highest BCUT2D eigenvalue weighted by Gasteiger charge is 2.28. The number of carbonyl (C=O) groups excluding carboxylic acids is 1. The maximum absolute atomic E-state index is 11.6. The summed E-state index contributed by atoms with van der Waals surface area (Å²) < 4.78 is 22.6. The summed E-state index contributed by atoms with van der Waals surface area (Å²) in [5.41, 5.74) is 6.28. The predicted molar refractivity (Wildman–Crippen MR) is 83.3 cm³/mol. The molecule has 1 aliphatic heterocycles. The molecule has 0 spiro atoms. The fourth-order valence-electron chi connectivity index (χ4n) is 2.04. The minimum atomic E-state index is -3.03. The molecule has 1 heterocycles. The van der Waals surface area contributed by atoms with E-state index in [-0.39, 0.29) is 30.0 Å². The Morgan fingerprint density at radius 3 is 2.91 bits per heavy atom. The van der Waals surface area contributed by atoms with Crippen LogP contribution in [0, 0.1) is 0 Å². The van der Waals surface area contributed by atoms with E-state index < -0.39 is 15.7 Å². The largest absolute Gasteiger partial charge is 0.384 e. The van der Waals surface area contributed by atoms with Crippen molar-refractivity contribution in [2.75, 3.05) is 18.1 Å². The van der Waals surface area contributed by atoms with Gasteiger partial charge in [-0.15, -0.1) is 0 Å². The Hall–Kier alpha value is -1.80. The molecule has 1 amide bonds. The van der Waals surface area contributed by atoms with Crippen molar-refractivity contribution < 1.29 is 18.0 Å². The van der Waals surface area contributed by atoms with E-state index in [9.17, 15) is 13.2 Å². The Balaban J connectivity index is 1.80. The maximum atomic E-state index is 11.6. The van der Waals surface area contributed by atoms with E-state index >= 15 is 0 Å². The standard InChI is InChI=1S/C13H16ClN3O4S/c14-10-3-1-2-9(6-10)13(15)17-21-7-12(18)16-11-4-5-22(19,20)8-11/h1-3,6,11H,4-5,7-8H2,(H2,15,17)(H,16,18)/t11-/m0/s1. The molecule has 0 aromatic heterocycles. The molecule has 9 heteroatoms. The molecule has 0 aliphatic carbocycles. The summed E-state index contributed by atoms with van der Waals surface area (Å²) in [5.74, 6) is -0.283. The number of amides is 1. The Labute approximate surface area is 133 Å². The van der Waals surface area contributed by atoms with Crippen LogP contribution in [0.3, 0.4) is 0 Å². The fraction of sp³-hybridized carbons (Fsp3) is 0.385. The van der Waals surface area contributed by atoms with E-state index in [1.807, 2.05) is 0 Å². The monoisotopic (exact) mass is 345 g/mol. The van der Waals surface area contributed by atoms with Gasteiger partial charge in [-0.25, -0.2) is 8.42 Å². The molecule has 22 heavy (non-hydrogen) atoms. The van der Waals surface area contributed by atoms with Crippen LogP contribution in [0.5, 0.6) is 0 Å². The topological polar surface area (TPSA) is 111 Å². The first-order valence-corrected chi connectivity index (χ1v) is 8.77. The lowest BCUT2D eigenvalue weighted by atomic mass is 10.2. The molecule has 0 bridgehead atoms. The summed E-state index contributed by atoms with van der Waals surface area (Å²) >= 11 is 5.83. The van der Waals surface area contributed by atoms with Gasteiger partial charge in [0.15, 0.2) is 22.3 Å². The lowest BCUT2D eigenvalue weighted by molar-refractivity contribution is -0.126. The minimum Gasteiger partial charge on any atom is -0.384 e. The normalized spacial score (nSPS) is 20.6. The number of sulfone groups is 1. The van der Waals surface area contributed by atoms with E-state index in [1.54, 1.807) is 24.3 Å². The van der Waals surface area contributed by atoms with Gasteiger partial charge >= 0.3 is 0 Å². The van der Waals surface area contributed by atoms with Crippen molar-refractivity contribution >= 4 is 33.2 Å². The van der Waals surface area contributed by atoms with Crippen LogP contribution in [-0.2, 0) is 19.5 Å². The molecule has 0 radical (unpaired) electrons. The van der Waals surface area contributed by atoms with Crippen LogP contribution >= 0.6 is 11.6 Å². The first kappa shape index (κ1) is 16.6. The third-order valence-electron chi connectivity index (χ3n) is 3.08. The highest BCUT2D eigenvalue weighted by atomic mass is 35.5. The highest BCUT2D eigenvalue weighted by Crippen LogP contribution is 2.11. The van der Waals surface area contributed by atoms with E-state index in [0.29, 0.717) is 17.0 Å². The van der Waals surface area contributed by atoms with Gasteiger partial charge in [0.05, 0.1) is 11.5 Å². The van der Waals surface area contributed by atoms with E-state index in [1.165, 1.54) is 0 Å². The van der Waals surface area contributed by atoms with E-state index in [2.05, 4.69) is 10.5 Å². The number of oxime groups is 1. The zero-order chi connectivity index (χ0) is 16.2. The van der Waals surface area contributed by atoms with Crippen LogP contribution in [0.1, 0.15) is 12.0 Å². The lowest BCUT2D eigenvalue weighted by Gasteiger charge is -2.09. The quantitative estimate of drug-likeness (QED) is 0.452. The SMILES string of the molecule is N/C(=N/OCC(=O)N[C@H]1CCS(=O)(=O)C1)c1cccc(Cl)c1. The zero-order valence-corrected chi connectivity index (χ0v) is 13.2. The summed E-state index contributed by atoms with van der Waals surface area (Å²) in [4.78, 5) is 16.5. The average Bonchev–Trinajstić information content (AvgIpc) is 2.77. The van der Waals surface area contributed by atoms with Crippen molar-refractivity contribution in [3.8, 4) is 0 Å². The van der Waals surface area contributed by atoms with Crippen molar-refractivity contribution in [1.82, 2.24) is 5.32 Å². The van der Waals surface area contributed by atoms with Crippen LogP contribution in [0.25, 0.3) is 0 Å². The van der Waals surface area contributed by atoms with E-state index in [4.69, 9.17) is 22.2 Å². The fourth-order valence-corrected chi connectivity index (χ4v) is 3.90. The number of rotatable bonds is 5. The van der Waals surface area contributed by atoms with Gasteiger partial charge in [-0.1, -0.05) is 28.9 Å². The Morgan fingerprint density at radius 2 is 2.27 bits per heavy atom. The Kier molecular flexibility index (Phi) is 5.25. The molecule has 0 saturated carbocycles. The average molecular weight is 346 g/mol. The molecule has 1 saturated heterocycles. The van der Waals surface area contributed by atoms with Crippen molar-refractivity contribution in [2.24, 2.45) is 10.9 Å². The summed E-state index contributed by atoms with van der Waals surface area (Å²) in [6, 6.07) is 6.37. The van der Waals surface area contributed by atoms with Crippen LogP contribution < -0.4 is 11.1 Å². The maximum Gasteiger partial charge on any atom is 0.261 e. The Morgan fingerprint density at radius 1 is 1.50 bits per heavy atom. The second kappa shape index (κ2) is 6.97. The van der Waals surface area contributed by atoms with Gasteiger partial charge in [0.25, 0.3) is 5.91 Å².